The summed E-state index contributed by atoms with van der Waals surface area (Å²) in [4.78, 5) is 16.9. The zero-order valence-electron chi connectivity index (χ0n) is 13.7. The molecule has 3 rings (SSSR count). The van der Waals surface area contributed by atoms with Crippen molar-refractivity contribution in [3.8, 4) is 34.9 Å². The summed E-state index contributed by atoms with van der Waals surface area (Å²) in [6.07, 6.45) is 1.67. The van der Waals surface area contributed by atoms with Crippen molar-refractivity contribution < 1.29 is 18.9 Å². The number of fused-ring (bicyclic) bond motifs is 1. The van der Waals surface area contributed by atoms with E-state index >= 15 is 0 Å². The molecule has 1 aromatic carbocycles. The van der Waals surface area contributed by atoms with E-state index in [4.69, 9.17) is 18.9 Å². The highest BCUT2D eigenvalue weighted by molar-refractivity contribution is 5.85. The Hall–Kier alpha value is -3.16. The third-order valence-corrected chi connectivity index (χ3v) is 3.40. The van der Waals surface area contributed by atoms with E-state index in [1.165, 1.54) is 14.2 Å². The summed E-state index contributed by atoms with van der Waals surface area (Å²) in [6, 6.07) is 5.90. The highest BCUT2D eigenvalue weighted by Gasteiger charge is 2.12. The number of aromatic nitrogens is 4. The Labute approximate surface area is 138 Å². The van der Waals surface area contributed by atoms with E-state index < -0.39 is 0 Å². The van der Waals surface area contributed by atoms with Gasteiger partial charge in [-0.25, -0.2) is 0 Å². The van der Waals surface area contributed by atoms with Gasteiger partial charge in [-0.15, -0.1) is 4.98 Å². The summed E-state index contributed by atoms with van der Waals surface area (Å²) >= 11 is 0. The Bertz CT molecular complexity index is 863. The number of pyridine rings is 1. The van der Waals surface area contributed by atoms with Gasteiger partial charge in [-0.2, -0.15) is 9.97 Å². The number of ether oxygens (including phenoxy) is 4. The molecule has 0 saturated carbocycles. The molecule has 0 aliphatic carbocycles. The van der Waals surface area contributed by atoms with E-state index in [-0.39, 0.29) is 12.0 Å². The summed E-state index contributed by atoms with van der Waals surface area (Å²) in [6.45, 7) is 0. The van der Waals surface area contributed by atoms with Gasteiger partial charge < -0.3 is 18.9 Å². The number of hydrogen-bond acceptors (Lipinski definition) is 8. The molecular weight excluding hydrogens is 312 g/mol. The second-order valence-corrected chi connectivity index (χ2v) is 4.76. The van der Waals surface area contributed by atoms with Crippen LogP contribution in [0.15, 0.2) is 24.4 Å². The van der Waals surface area contributed by atoms with Crippen LogP contribution < -0.4 is 18.9 Å². The predicted molar refractivity (Wildman–Crippen MR) is 86.8 cm³/mol. The van der Waals surface area contributed by atoms with Crippen molar-refractivity contribution >= 4 is 10.9 Å². The molecule has 0 fully saturated rings. The molecule has 0 bridgehead atoms. The summed E-state index contributed by atoms with van der Waals surface area (Å²) < 4.78 is 20.8. The van der Waals surface area contributed by atoms with Crippen molar-refractivity contribution in [2.75, 3.05) is 28.4 Å². The lowest BCUT2D eigenvalue weighted by Crippen LogP contribution is -2.01. The number of methoxy groups -OCH3 is 4. The molecule has 24 heavy (non-hydrogen) atoms. The summed E-state index contributed by atoms with van der Waals surface area (Å²) in [5, 5.41) is 0.864. The van der Waals surface area contributed by atoms with Crippen LogP contribution in [0.4, 0.5) is 0 Å². The SMILES string of the molecule is COc1nc(OC)nc(-c2cnc3cc(OC)c(OC)cc3c2)n1. The maximum absolute atomic E-state index is 5.33. The molecule has 0 saturated heterocycles. The third kappa shape index (κ3) is 2.85. The van der Waals surface area contributed by atoms with Crippen molar-refractivity contribution in [3.63, 3.8) is 0 Å². The van der Waals surface area contributed by atoms with Gasteiger partial charge in [0, 0.05) is 23.2 Å². The molecule has 8 heteroatoms. The monoisotopic (exact) mass is 328 g/mol. The van der Waals surface area contributed by atoms with Gasteiger partial charge in [-0.05, 0) is 12.1 Å². The van der Waals surface area contributed by atoms with Crippen LogP contribution in [0.5, 0.6) is 23.5 Å². The number of hydrogen-bond donors (Lipinski definition) is 0. The van der Waals surface area contributed by atoms with Gasteiger partial charge in [0.05, 0.1) is 34.0 Å². The molecule has 0 N–H and O–H groups in total. The molecule has 3 aromatic rings. The van der Waals surface area contributed by atoms with Gasteiger partial charge in [-0.1, -0.05) is 0 Å². The number of nitrogens with zero attached hydrogens (tertiary/aromatic N) is 4. The minimum absolute atomic E-state index is 0.171. The molecule has 0 aliphatic rings. The van der Waals surface area contributed by atoms with Gasteiger partial charge in [0.15, 0.2) is 17.3 Å². The van der Waals surface area contributed by atoms with E-state index in [9.17, 15) is 0 Å². The first-order valence-electron chi connectivity index (χ1n) is 7.04. The summed E-state index contributed by atoms with van der Waals surface area (Å²) in [7, 11) is 6.13. The first-order chi connectivity index (χ1) is 11.7. The lowest BCUT2D eigenvalue weighted by atomic mass is 10.1. The zero-order valence-corrected chi connectivity index (χ0v) is 13.7. The van der Waals surface area contributed by atoms with Crippen LogP contribution >= 0.6 is 0 Å². The number of rotatable bonds is 5. The van der Waals surface area contributed by atoms with Gasteiger partial charge in [0.2, 0.25) is 0 Å². The molecule has 124 valence electrons. The summed E-state index contributed by atoms with van der Waals surface area (Å²) in [5.41, 5.74) is 1.47. The Morgan fingerprint density at radius 1 is 0.708 bits per heavy atom. The van der Waals surface area contributed by atoms with E-state index in [1.807, 2.05) is 18.2 Å². The second-order valence-electron chi connectivity index (χ2n) is 4.76. The minimum atomic E-state index is 0.171. The fraction of sp³-hybridized carbons (Fsp3) is 0.250. The lowest BCUT2D eigenvalue weighted by Gasteiger charge is -2.10. The molecule has 0 radical (unpaired) electrons. The maximum atomic E-state index is 5.33. The van der Waals surface area contributed by atoms with Crippen LogP contribution in [0.25, 0.3) is 22.3 Å². The van der Waals surface area contributed by atoms with Gasteiger partial charge >= 0.3 is 12.0 Å². The normalized spacial score (nSPS) is 10.5. The second kappa shape index (κ2) is 6.53. The van der Waals surface area contributed by atoms with Crippen molar-refractivity contribution in [1.29, 1.82) is 0 Å². The standard InChI is InChI=1S/C16H16N4O4/c1-21-12-6-9-5-10(8-17-11(9)7-13(12)22-2)14-18-15(23-3)20-16(19-14)24-4/h5-8H,1-4H3. The fourth-order valence-electron chi connectivity index (χ4n) is 2.23. The van der Waals surface area contributed by atoms with E-state index in [2.05, 4.69) is 19.9 Å². The molecule has 0 aliphatic heterocycles. The third-order valence-electron chi connectivity index (χ3n) is 3.40. The number of benzene rings is 1. The van der Waals surface area contributed by atoms with E-state index in [0.29, 0.717) is 22.9 Å². The van der Waals surface area contributed by atoms with Crippen molar-refractivity contribution in [1.82, 2.24) is 19.9 Å². The van der Waals surface area contributed by atoms with Gasteiger partial charge in [-0.3, -0.25) is 4.98 Å². The molecule has 0 atom stereocenters. The first-order valence-corrected chi connectivity index (χ1v) is 7.04. The molecule has 0 unspecified atom stereocenters. The van der Waals surface area contributed by atoms with Crippen LogP contribution in [-0.2, 0) is 0 Å². The molecule has 0 spiro atoms. The molecule has 2 heterocycles. The minimum Gasteiger partial charge on any atom is -0.493 e. The van der Waals surface area contributed by atoms with Crippen LogP contribution in [-0.4, -0.2) is 48.4 Å². The maximum Gasteiger partial charge on any atom is 0.322 e. The van der Waals surface area contributed by atoms with Crippen LogP contribution in [0.1, 0.15) is 0 Å². The largest absolute Gasteiger partial charge is 0.493 e. The predicted octanol–water partition coefficient (Wildman–Crippen LogP) is 2.12. The van der Waals surface area contributed by atoms with Crippen LogP contribution in [0.3, 0.4) is 0 Å². The molecule has 8 nitrogen and oxygen atoms in total. The van der Waals surface area contributed by atoms with Crippen LogP contribution in [0.2, 0.25) is 0 Å². The Kier molecular flexibility index (Phi) is 4.28. The Balaban J connectivity index is 2.14. The van der Waals surface area contributed by atoms with E-state index in [0.717, 1.165) is 10.9 Å². The van der Waals surface area contributed by atoms with E-state index in [1.54, 1.807) is 20.4 Å². The smallest absolute Gasteiger partial charge is 0.322 e. The summed E-state index contributed by atoms with van der Waals surface area (Å²) in [5.74, 6) is 1.64. The van der Waals surface area contributed by atoms with Crippen LogP contribution in [0, 0.1) is 0 Å². The molecular formula is C16H16N4O4. The first kappa shape index (κ1) is 15.7. The highest BCUT2D eigenvalue weighted by atomic mass is 16.5. The lowest BCUT2D eigenvalue weighted by molar-refractivity contribution is 0.341. The Morgan fingerprint density at radius 3 is 1.92 bits per heavy atom. The van der Waals surface area contributed by atoms with Crippen molar-refractivity contribution in [2.24, 2.45) is 0 Å². The topological polar surface area (TPSA) is 88.5 Å². The average molecular weight is 328 g/mol. The molecule has 0 amide bonds. The van der Waals surface area contributed by atoms with Gasteiger partial charge in [0.1, 0.15) is 0 Å². The molecule has 2 aromatic heterocycles. The van der Waals surface area contributed by atoms with Crippen molar-refractivity contribution in [2.45, 2.75) is 0 Å². The fourth-order valence-corrected chi connectivity index (χ4v) is 2.23. The highest BCUT2D eigenvalue weighted by Crippen LogP contribution is 2.32. The Morgan fingerprint density at radius 2 is 1.33 bits per heavy atom. The van der Waals surface area contributed by atoms with Gasteiger partial charge in [0.25, 0.3) is 0 Å². The zero-order chi connectivity index (χ0) is 17.1. The average Bonchev–Trinajstić information content (AvgIpc) is 2.65. The van der Waals surface area contributed by atoms with Crippen molar-refractivity contribution in [3.05, 3.63) is 24.4 Å². The quantitative estimate of drug-likeness (QED) is 0.704.